The lowest BCUT2D eigenvalue weighted by molar-refractivity contribution is -0.145. The number of aliphatic carboxylic acids is 1. The summed E-state index contributed by atoms with van der Waals surface area (Å²) < 4.78 is 6.61. The lowest BCUT2D eigenvalue weighted by Gasteiger charge is -2.50. The summed E-state index contributed by atoms with van der Waals surface area (Å²) in [5, 5.41) is 9.40. The second kappa shape index (κ2) is 5.56. The topological polar surface area (TPSA) is 46.5 Å². The Morgan fingerprint density at radius 3 is 2.37 bits per heavy atom. The first-order valence-electron chi connectivity index (χ1n) is 7.42. The minimum atomic E-state index is -1.94. The van der Waals surface area contributed by atoms with Crippen molar-refractivity contribution in [2.75, 3.05) is 0 Å². The second-order valence-corrected chi connectivity index (χ2v) is 12.4. The van der Waals surface area contributed by atoms with E-state index < -0.39 is 19.9 Å². The molecule has 0 radical (unpaired) electrons. The van der Waals surface area contributed by atoms with E-state index in [4.69, 9.17) is 4.43 Å². The Morgan fingerprint density at radius 1 is 1.37 bits per heavy atom. The van der Waals surface area contributed by atoms with Gasteiger partial charge in [0.1, 0.15) is 0 Å². The Morgan fingerprint density at radius 2 is 1.95 bits per heavy atom. The number of hydrogen-bond acceptors (Lipinski definition) is 2. The molecule has 0 saturated heterocycles. The zero-order chi connectivity index (χ0) is 14.9. The van der Waals surface area contributed by atoms with Crippen LogP contribution in [-0.4, -0.2) is 25.0 Å². The van der Waals surface area contributed by atoms with Gasteiger partial charge in [-0.1, -0.05) is 40.5 Å². The van der Waals surface area contributed by atoms with Gasteiger partial charge < -0.3 is 9.53 Å². The molecule has 0 aromatic rings. The van der Waals surface area contributed by atoms with Gasteiger partial charge in [0.2, 0.25) is 0 Å². The molecule has 1 fully saturated rings. The van der Waals surface area contributed by atoms with Crippen molar-refractivity contribution in [3.8, 4) is 0 Å². The zero-order valence-corrected chi connectivity index (χ0v) is 14.4. The van der Waals surface area contributed by atoms with E-state index >= 15 is 0 Å². The summed E-state index contributed by atoms with van der Waals surface area (Å²) in [4.78, 5) is 11.3. The smallest absolute Gasteiger partial charge is 0.306 e. The van der Waals surface area contributed by atoms with Gasteiger partial charge in [0.05, 0.1) is 12.0 Å². The molecule has 3 nitrogen and oxygen atoms in total. The molecule has 0 aliphatic heterocycles. The van der Waals surface area contributed by atoms with Crippen molar-refractivity contribution in [2.45, 2.75) is 83.5 Å². The Kier molecular flexibility index (Phi) is 4.89. The maximum Gasteiger partial charge on any atom is 0.306 e. The SMILES string of the molecule is C[C@@H]1CCCC[C@]1(CC(=O)O)O[Si](C)(C)C(C)(C)C. The maximum atomic E-state index is 11.3. The van der Waals surface area contributed by atoms with Gasteiger partial charge in [-0.05, 0) is 36.9 Å². The molecule has 0 aromatic carbocycles. The van der Waals surface area contributed by atoms with Crippen LogP contribution in [0, 0.1) is 5.92 Å². The minimum absolute atomic E-state index is 0.121. The van der Waals surface area contributed by atoms with Crippen LogP contribution in [0.4, 0.5) is 0 Å². The van der Waals surface area contributed by atoms with Crippen molar-refractivity contribution in [1.29, 1.82) is 0 Å². The van der Waals surface area contributed by atoms with Gasteiger partial charge >= 0.3 is 5.97 Å². The van der Waals surface area contributed by atoms with Crippen LogP contribution >= 0.6 is 0 Å². The largest absolute Gasteiger partial charge is 0.481 e. The third kappa shape index (κ3) is 3.82. The van der Waals surface area contributed by atoms with Gasteiger partial charge in [0, 0.05) is 0 Å². The van der Waals surface area contributed by atoms with Crippen LogP contribution in [0.3, 0.4) is 0 Å². The van der Waals surface area contributed by atoms with E-state index in [1.165, 1.54) is 6.42 Å². The van der Waals surface area contributed by atoms with E-state index in [1.54, 1.807) is 0 Å². The molecule has 1 aliphatic rings. The molecule has 112 valence electrons. The van der Waals surface area contributed by atoms with Gasteiger partial charge in [-0.2, -0.15) is 0 Å². The molecule has 0 spiro atoms. The Bertz CT molecular complexity index is 333. The lowest BCUT2D eigenvalue weighted by atomic mass is 9.74. The highest BCUT2D eigenvalue weighted by molar-refractivity contribution is 6.74. The highest BCUT2D eigenvalue weighted by Crippen LogP contribution is 2.46. The van der Waals surface area contributed by atoms with E-state index in [-0.39, 0.29) is 11.5 Å². The van der Waals surface area contributed by atoms with E-state index in [0.717, 1.165) is 19.3 Å². The van der Waals surface area contributed by atoms with E-state index in [0.29, 0.717) is 5.92 Å². The van der Waals surface area contributed by atoms with E-state index in [1.807, 2.05) is 0 Å². The van der Waals surface area contributed by atoms with Crippen LogP contribution in [0.15, 0.2) is 0 Å². The van der Waals surface area contributed by atoms with Crippen molar-refractivity contribution >= 4 is 14.3 Å². The monoisotopic (exact) mass is 286 g/mol. The second-order valence-electron chi connectivity index (χ2n) is 7.64. The van der Waals surface area contributed by atoms with Crippen LogP contribution < -0.4 is 0 Å². The molecule has 0 unspecified atom stereocenters. The molecule has 0 heterocycles. The standard InChI is InChI=1S/C15H30O3Si/c1-12-9-7-8-10-15(12,11-13(16)17)18-19(5,6)14(2,3)4/h12H,7-11H2,1-6H3,(H,16,17)/t12-,15-/m1/s1. The van der Waals surface area contributed by atoms with Crippen molar-refractivity contribution in [2.24, 2.45) is 5.92 Å². The summed E-state index contributed by atoms with van der Waals surface area (Å²) in [6.45, 7) is 13.2. The fourth-order valence-electron chi connectivity index (χ4n) is 2.75. The Labute approximate surface area is 118 Å². The van der Waals surface area contributed by atoms with Gasteiger partial charge in [0.25, 0.3) is 0 Å². The molecular weight excluding hydrogens is 256 g/mol. The number of hydrogen-bond donors (Lipinski definition) is 1. The Hall–Kier alpha value is -0.353. The zero-order valence-electron chi connectivity index (χ0n) is 13.4. The summed E-state index contributed by atoms with van der Waals surface area (Å²) in [7, 11) is -1.94. The number of carbonyl (C=O) groups is 1. The lowest BCUT2D eigenvalue weighted by Crippen LogP contribution is -2.54. The third-order valence-electron chi connectivity index (χ3n) is 5.10. The highest BCUT2D eigenvalue weighted by atomic mass is 28.4. The van der Waals surface area contributed by atoms with Gasteiger partial charge in [-0.25, -0.2) is 0 Å². The minimum Gasteiger partial charge on any atom is -0.481 e. The quantitative estimate of drug-likeness (QED) is 0.778. The fraction of sp³-hybridized carbons (Fsp3) is 0.933. The summed E-state index contributed by atoms with van der Waals surface area (Å²) in [6.07, 6.45) is 4.42. The molecule has 1 saturated carbocycles. The molecule has 1 N–H and O–H groups in total. The molecular formula is C15H30O3Si. The van der Waals surface area contributed by atoms with Crippen LogP contribution in [-0.2, 0) is 9.22 Å². The average molecular weight is 286 g/mol. The normalized spacial score (nSPS) is 29.3. The first kappa shape index (κ1) is 16.7. The summed E-state index contributed by atoms with van der Waals surface area (Å²) in [5.74, 6) is -0.390. The molecule has 0 aromatic heterocycles. The molecule has 2 atom stereocenters. The van der Waals surface area contributed by atoms with Crippen molar-refractivity contribution < 1.29 is 14.3 Å². The molecule has 0 bridgehead atoms. The summed E-state index contributed by atoms with van der Waals surface area (Å²) in [5.41, 5.74) is -0.437. The van der Waals surface area contributed by atoms with Crippen LogP contribution in [0.1, 0.15) is 59.8 Å². The summed E-state index contributed by atoms with van der Waals surface area (Å²) in [6, 6.07) is 0. The number of rotatable bonds is 4. The summed E-state index contributed by atoms with van der Waals surface area (Å²) >= 11 is 0. The van der Waals surface area contributed by atoms with Crippen LogP contribution in [0.5, 0.6) is 0 Å². The van der Waals surface area contributed by atoms with Crippen molar-refractivity contribution in [3.05, 3.63) is 0 Å². The van der Waals surface area contributed by atoms with Gasteiger partial charge in [0.15, 0.2) is 8.32 Å². The number of carboxylic acids is 1. The van der Waals surface area contributed by atoms with Gasteiger partial charge in [-0.3, -0.25) is 4.79 Å². The molecule has 0 amide bonds. The van der Waals surface area contributed by atoms with Crippen LogP contribution in [0.25, 0.3) is 0 Å². The predicted octanol–water partition coefficient (Wildman–Crippen LogP) is 4.43. The van der Waals surface area contributed by atoms with Crippen molar-refractivity contribution in [3.63, 3.8) is 0 Å². The first-order chi connectivity index (χ1) is 8.50. The van der Waals surface area contributed by atoms with Crippen molar-refractivity contribution in [1.82, 2.24) is 0 Å². The first-order valence-corrected chi connectivity index (χ1v) is 10.3. The Balaban J connectivity index is 3.01. The highest BCUT2D eigenvalue weighted by Gasteiger charge is 2.48. The molecule has 19 heavy (non-hydrogen) atoms. The molecule has 1 aliphatic carbocycles. The fourth-order valence-corrected chi connectivity index (χ4v) is 4.45. The molecule has 1 rings (SSSR count). The average Bonchev–Trinajstić information content (AvgIpc) is 2.19. The predicted molar refractivity (Wildman–Crippen MR) is 80.9 cm³/mol. The third-order valence-corrected chi connectivity index (χ3v) is 9.63. The number of carboxylic acid groups (broad SMARTS) is 1. The maximum absolute atomic E-state index is 11.3. The van der Waals surface area contributed by atoms with E-state index in [2.05, 4.69) is 40.8 Å². The van der Waals surface area contributed by atoms with E-state index in [9.17, 15) is 9.90 Å². The molecule has 4 heteroatoms. The van der Waals surface area contributed by atoms with Gasteiger partial charge in [-0.15, -0.1) is 0 Å². The van der Waals surface area contributed by atoms with Crippen LogP contribution in [0.2, 0.25) is 18.1 Å².